The second-order valence-electron chi connectivity index (χ2n) is 6.29. The topological polar surface area (TPSA) is 50.8 Å². The Balaban J connectivity index is 2.00. The number of nitrogens with one attached hydrogen (secondary N) is 1. The highest BCUT2D eigenvalue weighted by molar-refractivity contribution is 5.97. The summed E-state index contributed by atoms with van der Waals surface area (Å²) in [5.74, 6) is 1.67. The van der Waals surface area contributed by atoms with E-state index in [-0.39, 0.29) is 11.8 Å². The van der Waals surface area contributed by atoms with E-state index in [0.717, 1.165) is 24.6 Å². The molecule has 1 N–H and O–H groups in total. The highest BCUT2D eigenvalue weighted by Crippen LogP contribution is 2.22. The van der Waals surface area contributed by atoms with Gasteiger partial charge in [-0.2, -0.15) is 0 Å². The number of methoxy groups -OCH3 is 2. The number of benzene rings is 2. The van der Waals surface area contributed by atoms with Crippen molar-refractivity contribution in [1.82, 2.24) is 10.2 Å². The minimum absolute atomic E-state index is 0.0747. The van der Waals surface area contributed by atoms with Crippen molar-refractivity contribution in [1.29, 1.82) is 0 Å². The zero-order chi connectivity index (χ0) is 19.6. The molecule has 0 aliphatic heterocycles. The van der Waals surface area contributed by atoms with E-state index in [1.165, 1.54) is 5.56 Å². The zero-order valence-corrected chi connectivity index (χ0v) is 16.7. The van der Waals surface area contributed by atoms with Gasteiger partial charge in [0.05, 0.1) is 20.8 Å². The van der Waals surface area contributed by atoms with Crippen molar-refractivity contribution in [2.75, 3.05) is 40.4 Å². The van der Waals surface area contributed by atoms with Crippen molar-refractivity contribution in [3.8, 4) is 11.5 Å². The van der Waals surface area contributed by atoms with Crippen LogP contribution in [0.2, 0.25) is 0 Å². The summed E-state index contributed by atoms with van der Waals surface area (Å²) >= 11 is 0. The number of carbonyl (C=O) groups excluding carboxylic acids is 1. The Labute approximate surface area is 162 Å². The number of hydrogen-bond acceptors (Lipinski definition) is 5. The lowest BCUT2D eigenvalue weighted by atomic mass is 10.0. The van der Waals surface area contributed by atoms with Gasteiger partial charge < -0.3 is 14.8 Å². The van der Waals surface area contributed by atoms with Gasteiger partial charge in [0.2, 0.25) is 0 Å². The molecule has 146 valence electrons. The van der Waals surface area contributed by atoms with E-state index in [4.69, 9.17) is 9.47 Å². The normalized spacial score (nSPS) is 12.0. The lowest BCUT2D eigenvalue weighted by Gasteiger charge is -2.30. The number of ketones is 1. The third kappa shape index (κ3) is 5.81. The maximum absolute atomic E-state index is 12.4. The number of ether oxygens (including phenoxy) is 2. The van der Waals surface area contributed by atoms with Crippen LogP contribution >= 0.6 is 0 Å². The fourth-order valence-electron chi connectivity index (χ4n) is 3.15. The molecule has 27 heavy (non-hydrogen) atoms. The number of Topliss-reactive ketones (excluding diaryl/α,β-unsaturated/α-hetero) is 1. The summed E-state index contributed by atoms with van der Waals surface area (Å²) in [5, 5.41) is 3.33. The van der Waals surface area contributed by atoms with Crippen LogP contribution < -0.4 is 14.8 Å². The van der Waals surface area contributed by atoms with E-state index in [1.54, 1.807) is 26.4 Å². The lowest BCUT2D eigenvalue weighted by Crippen LogP contribution is -2.37. The molecule has 5 nitrogen and oxygen atoms in total. The molecule has 1 unspecified atom stereocenters. The highest BCUT2D eigenvalue weighted by atomic mass is 16.5. The van der Waals surface area contributed by atoms with E-state index in [1.807, 2.05) is 24.3 Å². The molecule has 0 heterocycles. The summed E-state index contributed by atoms with van der Waals surface area (Å²) in [7, 11) is 3.29. The third-order valence-corrected chi connectivity index (χ3v) is 4.79. The first-order chi connectivity index (χ1) is 13.1. The average molecular weight is 370 g/mol. The molecule has 0 aliphatic rings. The smallest absolute Gasteiger partial charge is 0.176 e. The Morgan fingerprint density at radius 2 is 1.44 bits per heavy atom. The van der Waals surface area contributed by atoms with E-state index >= 15 is 0 Å². The summed E-state index contributed by atoms with van der Waals surface area (Å²) in [5.41, 5.74) is 1.90. The Kier molecular flexibility index (Phi) is 8.30. The molecule has 0 aromatic heterocycles. The zero-order valence-electron chi connectivity index (χ0n) is 16.7. The Morgan fingerprint density at radius 1 is 0.926 bits per heavy atom. The van der Waals surface area contributed by atoms with Crippen molar-refractivity contribution >= 4 is 5.78 Å². The number of nitrogens with zero attached hydrogens (tertiary/aromatic N) is 1. The van der Waals surface area contributed by atoms with Crippen LogP contribution in [0.4, 0.5) is 0 Å². The van der Waals surface area contributed by atoms with E-state index in [0.29, 0.717) is 18.7 Å². The molecule has 1 atom stereocenters. The second kappa shape index (κ2) is 10.7. The molecule has 2 aromatic carbocycles. The molecule has 0 aliphatic carbocycles. The Morgan fingerprint density at radius 3 is 1.93 bits per heavy atom. The Hall–Kier alpha value is -2.37. The van der Waals surface area contributed by atoms with Crippen LogP contribution in [0.25, 0.3) is 0 Å². The molecule has 5 heteroatoms. The van der Waals surface area contributed by atoms with Gasteiger partial charge in [-0.1, -0.05) is 26.0 Å². The minimum atomic E-state index is 0.0747. The highest BCUT2D eigenvalue weighted by Gasteiger charge is 2.18. The van der Waals surface area contributed by atoms with E-state index < -0.39 is 0 Å². The molecule has 2 aromatic rings. The fraction of sp³-hybridized carbons (Fsp3) is 0.409. The van der Waals surface area contributed by atoms with Gasteiger partial charge in [-0.05, 0) is 55.1 Å². The molecular weight excluding hydrogens is 340 g/mol. The number of hydrogen-bond donors (Lipinski definition) is 1. The molecule has 0 saturated heterocycles. The summed E-state index contributed by atoms with van der Waals surface area (Å²) < 4.78 is 10.4. The van der Waals surface area contributed by atoms with Gasteiger partial charge in [0.1, 0.15) is 11.5 Å². The van der Waals surface area contributed by atoms with Crippen LogP contribution in [-0.4, -0.2) is 51.1 Å². The number of likely N-dealkylation sites (N-methyl/N-ethyl adjacent to an activating group) is 1. The van der Waals surface area contributed by atoms with Crippen molar-refractivity contribution in [3.05, 3.63) is 59.7 Å². The minimum Gasteiger partial charge on any atom is -0.497 e. The third-order valence-electron chi connectivity index (χ3n) is 4.79. The van der Waals surface area contributed by atoms with Gasteiger partial charge in [-0.3, -0.25) is 9.69 Å². The van der Waals surface area contributed by atoms with Crippen LogP contribution in [0.15, 0.2) is 48.5 Å². The van der Waals surface area contributed by atoms with Gasteiger partial charge in [-0.15, -0.1) is 0 Å². The lowest BCUT2D eigenvalue weighted by molar-refractivity contribution is 0.0987. The average Bonchev–Trinajstić information content (AvgIpc) is 2.73. The second-order valence-corrected chi connectivity index (χ2v) is 6.29. The molecule has 2 rings (SSSR count). The predicted octanol–water partition coefficient (Wildman–Crippen LogP) is 3.56. The fourth-order valence-corrected chi connectivity index (χ4v) is 3.15. The van der Waals surface area contributed by atoms with Gasteiger partial charge in [0.15, 0.2) is 5.78 Å². The first kappa shape index (κ1) is 20.9. The van der Waals surface area contributed by atoms with Gasteiger partial charge >= 0.3 is 0 Å². The first-order valence-electron chi connectivity index (χ1n) is 9.38. The molecular formula is C22H30N2O3. The molecule has 0 bridgehead atoms. The summed E-state index contributed by atoms with van der Waals surface area (Å²) in [4.78, 5) is 14.8. The molecule has 0 fully saturated rings. The molecule has 0 spiro atoms. The van der Waals surface area contributed by atoms with Gasteiger partial charge in [0.25, 0.3) is 0 Å². The van der Waals surface area contributed by atoms with Gasteiger partial charge in [0, 0.05) is 18.2 Å². The van der Waals surface area contributed by atoms with Crippen LogP contribution in [0, 0.1) is 0 Å². The first-order valence-corrected chi connectivity index (χ1v) is 9.38. The molecule has 0 amide bonds. The van der Waals surface area contributed by atoms with Crippen molar-refractivity contribution in [2.45, 2.75) is 19.9 Å². The van der Waals surface area contributed by atoms with Crippen LogP contribution in [-0.2, 0) is 0 Å². The number of carbonyl (C=O) groups is 1. The summed E-state index contributed by atoms with van der Waals surface area (Å²) in [6.07, 6.45) is 0. The van der Waals surface area contributed by atoms with E-state index in [2.05, 4.69) is 36.2 Å². The number of rotatable bonds is 11. The van der Waals surface area contributed by atoms with Crippen LogP contribution in [0.1, 0.15) is 35.8 Å². The standard InChI is InChI=1S/C22H30N2O3/c1-5-24(6-2)21(17-7-11-19(26-3)12-8-17)15-23-16-22(25)18-9-13-20(27-4)14-10-18/h7-14,21,23H,5-6,15-16H2,1-4H3. The van der Waals surface area contributed by atoms with Crippen LogP contribution in [0.3, 0.4) is 0 Å². The predicted molar refractivity (Wildman–Crippen MR) is 109 cm³/mol. The maximum Gasteiger partial charge on any atom is 0.176 e. The van der Waals surface area contributed by atoms with Crippen LogP contribution in [0.5, 0.6) is 11.5 Å². The van der Waals surface area contributed by atoms with Crippen molar-refractivity contribution in [2.24, 2.45) is 0 Å². The quantitative estimate of drug-likeness (QED) is 0.613. The summed E-state index contributed by atoms with van der Waals surface area (Å²) in [6.45, 7) is 7.21. The monoisotopic (exact) mass is 370 g/mol. The largest absolute Gasteiger partial charge is 0.497 e. The SMILES string of the molecule is CCN(CC)C(CNCC(=O)c1ccc(OC)cc1)c1ccc(OC)cc1. The van der Waals surface area contributed by atoms with Crippen molar-refractivity contribution in [3.63, 3.8) is 0 Å². The molecule has 0 radical (unpaired) electrons. The molecule has 0 saturated carbocycles. The summed E-state index contributed by atoms with van der Waals surface area (Å²) in [6, 6.07) is 15.6. The maximum atomic E-state index is 12.4. The van der Waals surface area contributed by atoms with Gasteiger partial charge in [-0.25, -0.2) is 0 Å². The Bertz CT molecular complexity index is 695. The van der Waals surface area contributed by atoms with E-state index in [9.17, 15) is 4.79 Å². The van der Waals surface area contributed by atoms with Crippen molar-refractivity contribution < 1.29 is 14.3 Å².